The summed E-state index contributed by atoms with van der Waals surface area (Å²) in [6, 6.07) is 5.76. The Morgan fingerprint density at radius 3 is 2.65 bits per heavy atom. The average molecular weight is 317 g/mol. The van der Waals surface area contributed by atoms with Crippen molar-refractivity contribution in [1.29, 1.82) is 0 Å². The van der Waals surface area contributed by atoms with Gasteiger partial charge in [-0.2, -0.15) is 0 Å². The van der Waals surface area contributed by atoms with Crippen molar-refractivity contribution in [2.45, 2.75) is 20.3 Å². The second-order valence-corrected chi connectivity index (χ2v) is 6.69. The molecular formula is C18H27N3O2. The summed E-state index contributed by atoms with van der Waals surface area (Å²) in [4.78, 5) is 19.3. The Balaban J connectivity index is 2.22. The van der Waals surface area contributed by atoms with Crippen molar-refractivity contribution in [2.75, 3.05) is 34.2 Å². The van der Waals surface area contributed by atoms with E-state index in [0.29, 0.717) is 18.2 Å². The average Bonchev–Trinajstić information content (AvgIpc) is 2.88. The molecule has 0 saturated carbocycles. The van der Waals surface area contributed by atoms with Gasteiger partial charge in [-0.15, -0.1) is 0 Å². The lowest BCUT2D eigenvalue weighted by Crippen LogP contribution is -2.32. The van der Waals surface area contributed by atoms with Crippen molar-refractivity contribution in [1.82, 2.24) is 14.8 Å². The van der Waals surface area contributed by atoms with E-state index in [1.54, 1.807) is 11.9 Å². The molecule has 0 fully saturated rings. The van der Waals surface area contributed by atoms with Gasteiger partial charge in [0.25, 0.3) is 0 Å². The van der Waals surface area contributed by atoms with Crippen LogP contribution in [0.15, 0.2) is 24.4 Å². The van der Waals surface area contributed by atoms with E-state index >= 15 is 0 Å². The first-order valence-corrected chi connectivity index (χ1v) is 8.05. The van der Waals surface area contributed by atoms with Crippen LogP contribution in [0.3, 0.4) is 0 Å². The number of carbonyl (C=O) groups is 1. The number of hydrogen-bond donors (Lipinski definition) is 1. The summed E-state index contributed by atoms with van der Waals surface area (Å²) in [6.45, 7) is 5.78. The zero-order chi connectivity index (χ0) is 17.0. The number of amides is 1. The van der Waals surface area contributed by atoms with Crippen molar-refractivity contribution in [2.24, 2.45) is 5.92 Å². The molecule has 2 rings (SSSR count). The molecule has 1 heterocycles. The molecule has 1 N–H and O–H groups in total. The predicted octanol–water partition coefficient (Wildman–Crippen LogP) is 3.36. The lowest BCUT2D eigenvalue weighted by Gasteiger charge is -2.19. The number of nitrogens with one attached hydrogen (secondary N) is 1. The summed E-state index contributed by atoms with van der Waals surface area (Å²) >= 11 is 0. The molecule has 1 aromatic carbocycles. The molecule has 5 nitrogen and oxygen atoms in total. The number of carbonyl (C=O) groups excluding carboxylic acids is 1. The number of aromatic amines is 1. The number of ether oxygens (including phenoxy) is 1. The number of rotatable bonds is 6. The van der Waals surface area contributed by atoms with E-state index < -0.39 is 0 Å². The fourth-order valence-corrected chi connectivity index (χ4v) is 2.64. The molecular weight excluding hydrogens is 290 g/mol. The van der Waals surface area contributed by atoms with Crippen LogP contribution in [0.4, 0.5) is 4.79 Å². The van der Waals surface area contributed by atoms with Gasteiger partial charge in [-0.1, -0.05) is 19.9 Å². The highest BCUT2D eigenvalue weighted by Gasteiger charge is 2.16. The van der Waals surface area contributed by atoms with E-state index in [9.17, 15) is 4.79 Å². The monoisotopic (exact) mass is 317 g/mol. The fourth-order valence-electron chi connectivity index (χ4n) is 2.64. The summed E-state index contributed by atoms with van der Waals surface area (Å²) in [5.41, 5.74) is 2.17. The minimum absolute atomic E-state index is 0.314. The molecule has 2 aromatic rings. The Kier molecular flexibility index (Phi) is 5.66. The zero-order valence-corrected chi connectivity index (χ0v) is 14.7. The van der Waals surface area contributed by atoms with Gasteiger partial charge in [0.05, 0.1) is 0 Å². The van der Waals surface area contributed by atoms with Crippen LogP contribution in [0.5, 0.6) is 5.75 Å². The molecule has 126 valence electrons. The minimum atomic E-state index is -0.314. The van der Waals surface area contributed by atoms with Crippen molar-refractivity contribution < 1.29 is 9.53 Å². The third-order valence-corrected chi connectivity index (χ3v) is 3.73. The van der Waals surface area contributed by atoms with Crippen LogP contribution in [0.25, 0.3) is 10.9 Å². The number of benzene rings is 1. The van der Waals surface area contributed by atoms with Crippen LogP contribution in [0, 0.1) is 5.92 Å². The molecule has 0 spiro atoms. The molecule has 0 aliphatic carbocycles. The van der Waals surface area contributed by atoms with Gasteiger partial charge in [-0.05, 0) is 44.1 Å². The molecule has 1 aromatic heterocycles. The smallest absolute Gasteiger partial charge is 0.409 e. The third kappa shape index (κ3) is 4.48. The van der Waals surface area contributed by atoms with Gasteiger partial charge in [0.2, 0.25) is 0 Å². The maximum absolute atomic E-state index is 12.3. The first-order valence-electron chi connectivity index (χ1n) is 8.05. The van der Waals surface area contributed by atoms with Crippen molar-refractivity contribution in [3.05, 3.63) is 30.0 Å². The van der Waals surface area contributed by atoms with Crippen LogP contribution < -0.4 is 4.74 Å². The van der Waals surface area contributed by atoms with Crippen LogP contribution in [0.2, 0.25) is 0 Å². The van der Waals surface area contributed by atoms with E-state index in [1.807, 2.05) is 24.4 Å². The van der Waals surface area contributed by atoms with Gasteiger partial charge in [0.1, 0.15) is 5.75 Å². The van der Waals surface area contributed by atoms with E-state index in [1.165, 1.54) is 5.56 Å². The highest BCUT2D eigenvalue weighted by atomic mass is 16.6. The Hall–Kier alpha value is -2.01. The maximum Gasteiger partial charge on any atom is 0.414 e. The van der Waals surface area contributed by atoms with E-state index in [-0.39, 0.29) is 6.09 Å². The lowest BCUT2D eigenvalue weighted by molar-refractivity contribution is 0.158. The molecule has 1 amide bonds. The van der Waals surface area contributed by atoms with Gasteiger partial charge in [0, 0.05) is 37.2 Å². The number of hydrogen-bond acceptors (Lipinski definition) is 3. The number of H-pyrrole nitrogens is 1. The highest BCUT2D eigenvalue weighted by molar-refractivity contribution is 5.91. The molecule has 0 bridgehead atoms. The lowest BCUT2D eigenvalue weighted by atomic mass is 10.1. The normalized spacial score (nSPS) is 11.4. The second-order valence-electron chi connectivity index (χ2n) is 6.69. The van der Waals surface area contributed by atoms with Crippen LogP contribution >= 0.6 is 0 Å². The Bertz CT molecular complexity index is 661. The van der Waals surface area contributed by atoms with Gasteiger partial charge in [-0.3, -0.25) is 0 Å². The van der Waals surface area contributed by atoms with Crippen LogP contribution in [0.1, 0.15) is 19.4 Å². The largest absolute Gasteiger partial charge is 0.414 e. The fraction of sp³-hybridized carbons (Fsp3) is 0.500. The molecule has 0 aliphatic heterocycles. The number of fused-ring (bicyclic) bond motifs is 1. The minimum Gasteiger partial charge on any atom is -0.409 e. The van der Waals surface area contributed by atoms with Gasteiger partial charge in [0.15, 0.2) is 0 Å². The Labute approximate surface area is 138 Å². The van der Waals surface area contributed by atoms with E-state index in [2.05, 4.69) is 37.8 Å². The van der Waals surface area contributed by atoms with Crippen molar-refractivity contribution in [3.63, 3.8) is 0 Å². The first kappa shape index (κ1) is 17.3. The topological polar surface area (TPSA) is 48.6 Å². The standard InChI is InChI=1S/C18H27N3O2/c1-13(2)12-21(5)18(22)23-16-8-6-7-15-17(16)14(11-19-15)9-10-20(3)4/h6-8,11,13,19H,9-10,12H2,1-5H3. The maximum atomic E-state index is 12.3. The number of nitrogens with zero attached hydrogens (tertiary/aromatic N) is 2. The summed E-state index contributed by atoms with van der Waals surface area (Å²) in [7, 11) is 5.87. The first-order chi connectivity index (χ1) is 10.9. The summed E-state index contributed by atoms with van der Waals surface area (Å²) in [6.07, 6.45) is 2.60. The Morgan fingerprint density at radius 1 is 1.26 bits per heavy atom. The van der Waals surface area contributed by atoms with Gasteiger partial charge < -0.3 is 19.5 Å². The summed E-state index contributed by atoms with van der Waals surface area (Å²) in [5, 5.41) is 1.00. The summed E-state index contributed by atoms with van der Waals surface area (Å²) < 4.78 is 5.65. The Morgan fingerprint density at radius 2 is 2.00 bits per heavy atom. The molecule has 23 heavy (non-hydrogen) atoms. The molecule has 0 atom stereocenters. The zero-order valence-electron chi connectivity index (χ0n) is 14.7. The van der Waals surface area contributed by atoms with Crippen LogP contribution in [-0.4, -0.2) is 55.1 Å². The second kappa shape index (κ2) is 7.51. The number of aromatic nitrogens is 1. The van der Waals surface area contributed by atoms with Gasteiger partial charge in [-0.25, -0.2) is 4.79 Å². The quantitative estimate of drug-likeness (QED) is 0.889. The SMILES string of the molecule is CC(C)CN(C)C(=O)Oc1cccc2[nH]cc(CCN(C)C)c12. The van der Waals surface area contributed by atoms with Gasteiger partial charge >= 0.3 is 6.09 Å². The summed E-state index contributed by atoms with van der Waals surface area (Å²) in [5.74, 6) is 1.03. The van der Waals surface area contributed by atoms with Crippen LogP contribution in [-0.2, 0) is 6.42 Å². The van der Waals surface area contributed by atoms with E-state index in [0.717, 1.165) is 23.9 Å². The molecule has 0 saturated heterocycles. The molecule has 0 radical (unpaired) electrons. The van der Waals surface area contributed by atoms with Crippen molar-refractivity contribution in [3.8, 4) is 5.75 Å². The molecule has 0 unspecified atom stereocenters. The van der Waals surface area contributed by atoms with Crippen molar-refractivity contribution >= 4 is 17.0 Å². The third-order valence-electron chi connectivity index (χ3n) is 3.73. The molecule has 0 aliphatic rings. The predicted molar refractivity (Wildman–Crippen MR) is 94.0 cm³/mol. The molecule has 5 heteroatoms. The number of likely N-dealkylation sites (N-methyl/N-ethyl adjacent to an activating group) is 1. The van der Waals surface area contributed by atoms with E-state index in [4.69, 9.17) is 4.74 Å². The highest BCUT2D eigenvalue weighted by Crippen LogP contribution is 2.29.